The molecule has 2 aliphatic rings. The highest BCUT2D eigenvalue weighted by atomic mass is 16.7. The number of rotatable bonds is 5. The number of aliphatic hydroxyl groups excluding tert-OH is 1. The second-order valence-corrected chi connectivity index (χ2v) is 8.21. The van der Waals surface area contributed by atoms with Gasteiger partial charge in [-0.2, -0.15) is 0 Å². The molecule has 0 amide bonds. The summed E-state index contributed by atoms with van der Waals surface area (Å²) in [7, 11) is 3.96. The van der Waals surface area contributed by atoms with Crippen LogP contribution >= 0.6 is 0 Å². The van der Waals surface area contributed by atoms with Crippen LogP contribution in [0.2, 0.25) is 0 Å². The van der Waals surface area contributed by atoms with Gasteiger partial charge >= 0.3 is 11.9 Å². The molecule has 0 aromatic heterocycles. The van der Waals surface area contributed by atoms with Crippen LogP contribution in [0.5, 0.6) is 0 Å². The van der Waals surface area contributed by atoms with Crippen molar-refractivity contribution in [3.63, 3.8) is 0 Å². The summed E-state index contributed by atoms with van der Waals surface area (Å²) in [6, 6.07) is 0. The lowest BCUT2D eigenvalue weighted by Crippen LogP contribution is -2.39. The van der Waals surface area contributed by atoms with Crippen molar-refractivity contribution in [1.82, 2.24) is 0 Å². The number of carbonyl (C=O) groups is 3. The molecule has 32 heavy (non-hydrogen) atoms. The fourth-order valence-corrected chi connectivity index (χ4v) is 3.80. The number of allylic oxidation sites excluding steroid dienone is 4. The van der Waals surface area contributed by atoms with Crippen LogP contribution in [-0.2, 0) is 33.3 Å². The van der Waals surface area contributed by atoms with E-state index in [4.69, 9.17) is 18.9 Å². The molecule has 8 nitrogen and oxygen atoms in total. The summed E-state index contributed by atoms with van der Waals surface area (Å²) in [5.41, 5.74) is 1.52. The Hall–Kier alpha value is -2.71. The van der Waals surface area contributed by atoms with Gasteiger partial charge in [0.05, 0.1) is 20.3 Å². The highest BCUT2D eigenvalue weighted by Gasteiger charge is 2.47. The summed E-state index contributed by atoms with van der Waals surface area (Å²) in [5, 5.41) is 10.4. The van der Waals surface area contributed by atoms with E-state index in [-0.39, 0.29) is 47.9 Å². The van der Waals surface area contributed by atoms with Crippen molar-refractivity contribution in [3.05, 3.63) is 46.8 Å². The standard InChI is InChI=1S/C24H32O8/c1-15(2)6-7-16-8-9-17(22(27)29-3)10-18(25)11-19(26)12-20-13-21(23(28)30-4)24(14-16,31-5)32-20/h6,9,12-13,16,19,26H,7-8,10-11,14H2,1-5H3/b17-9+,20-12-. The molecule has 2 heterocycles. The number of hydrogen-bond acceptors (Lipinski definition) is 8. The first-order valence-corrected chi connectivity index (χ1v) is 10.5. The van der Waals surface area contributed by atoms with Gasteiger partial charge in [-0.1, -0.05) is 17.7 Å². The third-order valence-electron chi connectivity index (χ3n) is 5.46. The zero-order valence-electron chi connectivity index (χ0n) is 19.3. The van der Waals surface area contributed by atoms with Gasteiger partial charge in [0.15, 0.2) is 0 Å². The van der Waals surface area contributed by atoms with Gasteiger partial charge in [-0.25, -0.2) is 9.59 Å². The number of ether oxygens (including phenoxy) is 4. The summed E-state index contributed by atoms with van der Waals surface area (Å²) >= 11 is 0. The topological polar surface area (TPSA) is 108 Å². The first-order chi connectivity index (χ1) is 15.1. The van der Waals surface area contributed by atoms with E-state index in [2.05, 4.69) is 6.08 Å². The average molecular weight is 449 g/mol. The monoisotopic (exact) mass is 448 g/mol. The summed E-state index contributed by atoms with van der Waals surface area (Å²) in [4.78, 5) is 37.2. The van der Waals surface area contributed by atoms with E-state index in [9.17, 15) is 19.5 Å². The van der Waals surface area contributed by atoms with Crippen molar-refractivity contribution in [1.29, 1.82) is 0 Å². The predicted octanol–water partition coefficient (Wildman–Crippen LogP) is 2.92. The van der Waals surface area contributed by atoms with E-state index in [0.717, 1.165) is 5.57 Å². The van der Waals surface area contributed by atoms with Gasteiger partial charge in [-0.3, -0.25) is 4.79 Å². The van der Waals surface area contributed by atoms with Crippen LogP contribution < -0.4 is 0 Å². The average Bonchev–Trinajstić information content (AvgIpc) is 3.10. The minimum absolute atomic E-state index is 0.0994. The van der Waals surface area contributed by atoms with Gasteiger partial charge in [0, 0.05) is 31.9 Å². The highest BCUT2D eigenvalue weighted by Crippen LogP contribution is 2.41. The quantitative estimate of drug-likeness (QED) is 0.505. The van der Waals surface area contributed by atoms with Crippen LogP contribution in [0, 0.1) is 5.92 Å². The number of ketones is 1. The molecule has 3 unspecified atom stereocenters. The summed E-state index contributed by atoms with van der Waals surface area (Å²) in [6.45, 7) is 3.96. The molecule has 3 atom stereocenters. The molecule has 0 fully saturated rings. The van der Waals surface area contributed by atoms with Crippen molar-refractivity contribution >= 4 is 17.7 Å². The summed E-state index contributed by atoms with van der Waals surface area (Å²) in [6.07, 6.45) is 6.38. The molecule has 0 aromatic carbocycles. The fourth-order valence-electron chi connectivity index (χ4n) is 3.80. The molecule has 0 spiro atoms. The van der Waals surface area contributed by atoms with E-state index in [0.29, 0.717) is 12.8 Å². The molecule has 0 saturated carbocycles. The van der Waals surface area contributed by atoms with E-state index in [1.165, 1.54) is 33.5 Å². The maximum Gasteiger partial charge on any atom is 0.340 e. The number of fused-ring (bicyclic) bond motifs is 2. The zero-order valence-corrected chi connectivity index (χ0v) is 19.3. The molecule has 176 valence electrons. The Balaban J connectivity index is 2.56. The van der Waals surface area contributed by atoms with E-state index < -0.39 is 23.8 Å². The number of carbonyl (C=O) groups excluding carboxylic acids is 3. The second kappa shape index (κ2) is 11.2. The van der Waals surface area contributed by atoms with Crippen LogP contribution in [-0.4, -0.2) is 56.0 Å². The van der Waals surface area contributed by atoms with Crippen LogP contribution in [0.15, 0.2) is 46.8 Å². The third kappa shape index (κ3) is 6.40. The second-order valence-electron chi connectivity index (χ2n) is 8.21. The Labute approximate surface area is 188 Å². The van der Waals surface area contributed by atoms with Crippen LogP contribution in [0.4, 0.5) is 0 Å². The molecule has 2 rings (SSSR count). The molecular weight excluding hydrogens is 416 g/mol. The van der Waals surface area contributed by atoms with Gasteiger partial charge in [0.25, 0.3) is 0 Å². The van der Waals surface area contributed by atoms with Crippen molar-refractivity contribution in [3.8, 4) is 0 Å². The van der Waals surface area contributed by atoms with Crippen molar-refractivity contribution in [2.75, 3.05) is 21.3 Å². The fraction of sp³-hybridized carbons (Fsp3) is 0.542. The number of aliphatic hydroxyl groups is 1. The normalized spacial score (nSPS) is 29.4. The largest absolute Gasteiger partial charge is 0.466 e. The lowest BCUT2D eigenvalue weighted by atomic mass is 9.87. The van der Waals surface area contributed by atoms with Gasteiger partial charge in [-0.05, 0) is 44.8 Å². The van der Waals surface area contributed by atoms with E-state index in [1.54, 1.807) is 6.08 Å². The Morgan fingerprint density at radius 3 is 2.50 bits per heavy atom. The number of Topliss-reactive ketones (excluding diaryl/α,β-unsaturated/α-hetero) is 1. The Bertz CT molecular complexity index is 859. The highest BCUT2D eigenvalue weighted by molar-refractivity contribution is 5.96. The van der Waals surface area contributed by atoms with Crippen LogP contribution in [0.3, 0.4) is 0 Å². The van der Waals surface area contributed by atoms with E-state index >= 15 is 0 Å². The molecule has 0 aromatic rings. The molecule has 2 aliphatic heterocycles. The SMILES string of the molecule is COC(=O)C1=C/C2=C/C(O)CC(=O)C/C(C(=O)OC)=C\CC(CC=C(C)C)CC1(OC)O2. The number of hydrogen-bond donors (Lipinski definition) is 1. The predicted molar refractivity (Wildman–Crippen MR) is 116 cm³/mol. The van der Waals surface area contributed by atoms with Crippen molar-refractivity contribution in [2.24, 2.45) is 5.92 Å². The van der Waals surface area contributed by atoms with Gasteiger partial charge < -0.3 is 24.1 Å². The molecule has 1 N–H and O–H groups in total. The third-order valence-corrected chi connectivity index (χ3v) is 5.46. The van der Waals surface area contributed by atoms with Gasteiger partial charge in [-0.15, -0.1) is 0 Å². The maximum absolute atomic E-state index is 12.5. The summed E-state index contributed by atoms with van der Waals surface area (Å²) in [5.74, 6) is -2.82. The lowest BCUT2D eigenvalue weighted by Gasteiger charge is -2.32. The molecule has 0 aliphatic carbocycles. The van der Waals surface area contributed by atoms with Crippen molar-refractivity contribution < 1.29 is 38.4 Å². The Morgan fingerprint density at radius 2 is 1.91 bits per heavy atom. The minimum atomic E-state index is -1.42. The van der Waals surface area contributed by atoms with Crippen molar-refractivity contribution in [2.45, 2.75) is 57.8 Å². The maximum atomic E-state index is 12.5. The summed E-state index contributed by atoms with van der Waals surface area (Å²) < 4.78 is 21.5. The molecular formula is C24H32O8. The zero-order chi connectivity index (χ0) is 23.9. The molecule has 8 heteroatoms. The molecule has 0 radical (unpaired) electrons. The first kappa shape index (κ1) is 25.5. The smallest absolute Gasteiger partial charge is 0.340 e. The van der Waals surface area contributed by atoms with Gasteiger partial charge in [0.1, 0.15) is 17.1 Å². The molecule has 2 bridgehead atoms. The first-order valence-electron chi connectivity index (χ1n) is 10.5. The number of esters is 2. The van der Waals surface area contributed by atoms with Crippen LogP contribution in [0.1, 0.15) is 46.0 Å². The molecule has 0 saturated heterocycles. The minimum Gasteiger partial charge on any atom is -0.466 e. The lowest BCUT2D eigenvalue weighted by molar-refractivity contribution is -0.179. The number of methoxy groups -OCH3 is 3. The van der Waals surface area contributed by atoms with Gasteiger partial charge in [0.2, 0.25) is 5.79 Å². The van der Waals surface area contributed by atoms with E-state index in [1.807, 2.05) is 13.8 Å². The Kier molecular flexibility index (Phi) is 8.98. The van der Waals surface area contributed by atoms with Crippen LogP contribution in [0.25, 0.3) is 0 Å². The Morgan fingerprint density at radius 1 is 1.22 bits per heavy atom.